The van der Waals surface area contributed by atoms with Crippen molar-refractivity contribution in [1.82, 2.24) is 14.5 Å². The summed E-state index contributed by atoms with van der Waals surface area (Å²) in [4.78, 5) is 14.2. The lowest BCUT2D eigenvalue weighted by atomic mass is 9.97. The van der Waals surface area contributed by atoms with Crippen molar-refractivity contribution in [3.8, 4) is 17.0 Å². The van der Waals surface area contributed by atoms with Crippen molar-refractivity contribution in [1.29, 1.82) is 0 Å². The number of carbonyl (C=O) groups is 1. The van der Waals surface area contributed by atoms with Gasteiger partial charge in [-0.3, -0.25) is 4.79 Å². The Morgan fingerprint density at radius 1 is 1.06 bits per heavy atom. The summed E-state index contributed by atoms with van der Waals surface area (Å²) in [5, 5.41) is 8.72. The second-order valence-corrected chi connectivity index (χ2v) is 10.2. The Bertz CT molecular complexity index is 1080. The van der Waals surface area contributed by atoms with E-state index in [1.807, 2.05) is 19.1 Å². The lowest BCUT2D eigenvalue weighted by Gasteiger charge is -2.31. The summed E-state index contributed by atoms with van der Waals surface area (Å²) in [6.07, 6.45) is 3.17. The molecule has 2 aliphatic heterocycles. The summed E-state index contributed by atoms with van der Waals surface area (Å²) in [6, 6.07) is 8.78. The van der Waals surface area contributed by atoms with Gasteiger partial charge >= 0.3 is 5.97 Å². The molecule has 33 heavy (non-hydrogen) atoms. The molecule has 3 heterocycles. The molecule has 178 valence electrons. The van der Waals surface area contributed by atoms with Crippen LogP contribution in [0.3, 0.4) is 0 Å². The highest BCUT2D eigenvalue weighted by Gasteiger charge is 2.30. The zero-order valence-electron chi connectivity index (χ0n) is 19.1. The SMILES string of the molecule is CCOC(=O)C1CCN(c2ccc(-c3ccc(OC)c(S(=O)(=O)N4CCCC4)c3)nn2)CC1. The van der Waals surface area contributed by atoms with Gasteiger partial charge in [-0.05, 0) is 62.9 Å². The van der Waals surface area contributed by atoms with Crippen LogP contribution in [0.2, 0.25) is 0 Å². The van der Waals surface area contributed by atoms with Crippen molar-refractivity contribution >= 4 is 21.8 Å². The van der Waals surface area contributed by atoms with Gasteiger partial charge < -0.3 is 14.4 Å². The van der Waals surface area contributed by atoms with Crippen LogP contribution in [0.25, 0.3) is 11.3 Å². The molecule has 0 saturated carbocycles. The van der Waals surface area contributed by atoms with Gasteiger partial charge in [-0.15, -0.1) is 10.2 Å². The van der Waals surface area contributed by atoms with E-state index in [1.165, 1.54) is 11.4 Å². The third kappa shape index (κ3) is 4.96. The summed E-state index contributed by atoms with van der Waals surface area (Å²) in [5.41, 5.74) is 1.24. The third-order valence-electron chi connectivity index (χ3n) is 6.23. The number of sulfonamides is 1. The minimum atomic E-state index is -3.64. The number of ether oxygens (including phenoxy) is 2. The summed E-state index contributed by atoms with van der Waals surface area (Å²) in [5.74, 6) is 0.862. The van der Waals surface area contributed by atoms with E-state index < -0.39 is 10.0 Å². The van der Waals surface area contributed by atoms with E-state index in [9.17, 15) is 13.2 Å². The molecule has 0 bridgehead atoms. The monoisotopic (exact) mass is 474 g/mol. The average molecular weight is 475 g/mol. The maximum atomic E-state index is 13.1. The Morgan fingerprint density at radius 2 is 1.79 bits per heavy atom. The second kappa shape index (κ2) is 10.0. The van der Waals surface area contributed by atoms with E-state index in [1.54, 1.807) is 18.2 Å². The zero-order chi connectivity index (χ0) is 23.4. The minimum absolute atomic E-state index is 0.0660. The molecular formula is C23H30N4O5S. The summed E-state index contributed by atoms with van der Waals surface area (Å²) >= 11 is 0. The Morgan fingerprint density at radius 3 is 2.39 bits per heavy atom. The van der Waals surface area contributed by atoms with Crippen molar-refractivity contribution in [3.05, 3.63) is 30.3 Å². The topological polar surface area (TPSA) is 102 Å². The maximum Gasteiger partial charge on any atom is 0.309 e. The largest absolute Gasteiger partial charge is 0.495 e. The van der Waals surface area contributed by atoms with Crippen LogP contribution < -0.4 is 9.64 Å². The van der Waals surface area contributed by atoms with Crippen LogP contribution in [0.4, 0.5) is 5.82 Å². The number of rotatable bonds is 7. The van der Waals surface area contributed by atoms with E-state index in [0.29, 0.717) is 49.8 Å². The van der Waals surface area contributed by atoms with Crippen molar-refractivity contribution in [2.24, 2.45) is 5.92 Å². The van der Waals surface area contributed by atoms with Gasteiger partial charge in [-0.1, -0.05) is 0 Å². The fraction of sp³-hybridized carbons (Fsp3) is 0.522. The van der Waals surface area contributed by atoms with Crippen molar-refractivity contribution in [3.63, 3.8) is 0 Å². The van der Waals surface area contributed by atoms with Crippen LogP contribution >= 0.6 is 0 Å². The summed E-state index contributed by atoms with van der Waals surface area (Å²) in [7, 11) is -2.17. The highest BCUT2D eigenvalue weighted by atomic mass is 32.2. The smallest absolute Gasteiger partial charge is 0.309 e. The molecular weight excluding hydrogens is 444 g/mol. The number of methoxy groups -OCH3 is 1. The second-order valence-electron chi connectivity index (χ2n) is 8.27. The summed E-state index contributed by atoms with van der Waals surface area (Å²) in [6.45, 7) is 4.68. The number of nitrogens with zero attached hydrogens (tertiary/aromatic N) is 4. The lowest BCUT2D eigenvalue weighted by molar-refractivity contribution is -0.148. The van der Waals surface area contributed by atoms with E-state index in [4.69, 9.17) is 9.47 Å². The zero-order valence-corrected chi connectivity index (χ0v) is 19.9. The molecule has 10 heteroatoms. The van der Waals surface area contributed by atoms with Crippen molar-refractivity contribution in [2.45, 2.75) is 37.5 Å². The van der Waals surface area contributed by atoms with E-state index in [-0.39, 0.29) is 16.8 Å². The highest BCUT2D eigenvalue weighted by Crippen LogP contribution is 2.33. The molecule has 1 aromatic heterocycles. The molecule has 9 nitrogen and oxygen atoms in total. The quantitative estimate of drug-likeness (QED) is 0.565. The number of hydrogen-bond donors (Lipinski definition) is 0. The fourth-order valence-electron chi connectivity index (χ4n) is 4.36. The Labute approximate surface area is 194 Å². The van der Waals surface area contributed by atoms with Crippen LogP contribution in [0.15, 0.2) is 35.2 Å². The summed E-state index contributed by atoms with van der Waals surface area (Å²) < 4.78 is 38.3. The first kappa shape index (κ1) is 23.4. The van der Waals surface area contributed by atoms with Gasteiger partial charge in [0.05, 0.1) is 25.3 Å². The average Bonchev–Trinajstić information content (AvgIpc) is 3.40. The molecule has 4 rings (SSSR count). The lowest BCUT2D eigenvalue weighted by Crippen LogP contribution is -2.37. The van der Waals surface area contributed by atoms with Gasteiger partial charge in [0.1, 0.15) is 10.6 Å². The van der Waals surface area contributed by atoms with Crippen LogP contribution in [0, 0.1) is 5.92 Å². The first-order valence-electron chi connectivity index (χ1n) is 11.4. The normalized spacial score (nSPS) is 17.8. The molecule has 0 unspecified atom stereocenters. The Balaban J connectivity index is 1.51. The van der Waals surface area contributed by atoms with E-state index >= 15 is 0 Å². The van der Waals surface area contributed by atoms with Crippen LogP contribution in [0.5, 0.6) is 5.75 Å². The van der Waals surface area contributed by atoms with E-state index in [0.717, 1.165) is 31.5 Å². The van der Waals surface area contributed by atoms with Gasteiger partial charge in [0.2, 0.25) is 10.0 Å². The highest BCUT2D eigenvalue weighted by molar-refractivity contribution is 7.89. The van der Waals surface area contributed by atoms with Crippen LogP contribution in [-0.4, -0.2) is 68.8 Å². The number of anilines is 1. The van der Waals surface area contributed by atoms with Gasteiger partial charge in [-0.25, -0.2) is 8.42 Å². The molecule has 2 aliphatic rings. The molecule has 0 aliphatic carbocycles. The molecule has 0 spiro atoms. The number of piperidine rings is 1. The number of aromatic nitrogens is 2. The predicted octanol–water partition coefficient (Wildman–Crippen LogP) is 2.72. The van der Waals surface area contributed by atoms with Crippen LogP contribution in [-0.2, 0) is 19.6 Å². The maximum absolute atomic E-state index is 13.1. The molecule has 2 fully saturated rings. The first-order chi connectivity index (χ1) is 15.9. The number of esters is 1. The number of carbonyl (C=O) groups excluding carboxylic acids is 1. The molecule has 0 radical (unpaired) electrons. The Kier molecular flexibility index (Phi) is 7.14. The van der Waals surface area contributed by atoms with Crippen molar-refractivity contribution in [2.75, 3.05) is 44.8 Å². The molecule has 0 amide bonds. The Hall–Kier alpha value is -2.72. The van der Waals surface area contributed by atoms with Gasteiger partial charge in [0, 0.05) is 31.7 Å². The minimum Gasteiger partial charge on any atom is -0.495 e. The van der Waals surface area contributed by atoms with Gasteiger partial charge in [0.25, 0.3) is 0 Å². The molecule has 0 N–H and O–H groups in total. The van der Waals surface area contributed by atoms with Crippen LogP contribution in [0.1, 0.15) is 32.6 Å². The molecule has 0 atom stereocenters. The molecule has 1 aromatic carbocycles. The first-order valence-corrected chi connectivity index (χ1v) is 12.8. The standard InChI is InChI=1S/C23H30N4O5S/c1-3-32-23(28)17-10-14-26(15-11-17)22-9-7-19(24-25-22)18-6-8-20(31-2)21(16-18)33(29,30)27-12-4-5-13-27/h6-9,16-17H,3-5,10-15H2,1-2H3. The number of hydrogen-bond acceptors (Lipinski definition) is 8. The van der Waals surface area contributed by atoms with E-state index in [2.05, 4.69) is 15.1 Å². The van der Waals surface area contributed by atoms with Crippen molar-refractivity contribution < 1.29 is 22.7 Å². The number of benzene rings is 1. The predicted molar refractivity (Wildman–Crippen MR) is 124 cm³/mol. The van der Waals surface area contributed by atoms with Gasteiger partial charge in [-0.2, -0.15) is 4.31 Å². The fourth-order valence-corrected chi connectivity index (χ4v) is 6.06. The molecule has 2 aromatic rings. The van der Waals surface area contributed by atoms with Gasteiger partial charge in [0.15, 0.2) is 5.82 Å². The third-order valence-corrected chi connectivity index (χ3v) is 8.15. The molecule has 2 saturated heterocycles.